The molecule has 0 saturated carbocycles. The van der Waals surface area contributed by atoms with Gasteiger partial charge >= 0.3 is 0 Å². The first-order valence-corrected chi connectivity index (χ1v) is 7.92. The fraction of sp³-hybridized carbons (Fsp3) is 0.111. The van der Waals surface area contributed by atoms with Crippen molar-refractivity contribution in [1.29, 1.82) is 0 Å². The zero-order valence-corrected chi connectivity index (χ0v) is 14.4. The van der Waals surface area contributed by atoms with Gasteiger partial charge in [-0.1, -0.05) is 41.4 Å². The van der Waals surface area contributed by atoms with E-state index < -0.39 is 0 Å². The van der Waals surface area contributed by atoms with Crippen molar-refractivity contribution < 1.29 is 4.79 Å². The Hall–Kier alpha value is -2.17. The summed E-state index contributed by atoms with van der Waals surface area (Å²) in [7, 11) is 1.69. The summed E-state index contributed by atoms with van der Waals surface area (Å²) >= 11 is 11.4. The van der Waals surface area contributed by atoms with Crippen LogP contribution >= 0.6 is 23.8 Å². The Bertz CT molecular complexity index is 797. The summed E-state index contributed by atoms with van der Waals surface area (Å²) in [6.07, 6.45) is 1.83. The average Bonchev–Trinajstić information content (AvgIpc) is 2.75. The summed E-state index contributed by atoms with van der Waals surface area (Å²) in [5.74, 6) is -0.120. The van der Waals surface area contributed by atoms with Crippen LogP contribution in [0.2, 0.25) is 5.02 Å². The fourth-order valence-electron chi connectivity index (χ4n) is 2.39. The minimum Gasteiger partial charge on any atom is -0.286 e. The Morgan fingerprint density at radius 3 is 2.26 bits per heavy atom. The lowest BCUT2D eigenvalue weighted by atomic mass is 10.1. The first kappa shape index (κ1) is 15.7. The van der Waals surface area contributed by atoms with Gasteiger partial charge in [0.05, 0.1) is 0 Å². The molecule has 0 N–H and O–H groups in total. The van der Waals surface area contributed by atoms with E-state index in [9.17, 15) is 4.79 Å². The van der Waals surface area contributed by atoms with E-state index in [-0.39, 0.29) is 5.91 Å². The minimum atomic E-state index is -0.120. The summed E-state index contributed by atoms with van der Waals surface area (Å²) in [5, 5.41) is 1.13. The zero-order chi connectivity index (χ0) is 16.6. The second kappa shape index (κ2) is 6.14. The van der Waals surface area contributed by atoms with E-state index >= 15 is 0 Å². The molecule has 1 heterocycles. The van der Waals surface area contributed by atoms with E-state index in [1.807, 2.05) is 49.4 Å². The van der Waals surface area contributed by atoms with Gasteiger partial charge in [-0.2, -0.15) is 0 Å². The molecule has 2 aromatic rings. The van der Waals surface area contributed by atoms with Crippen molar-refractivity contribution in [3.63, 3.8) is 0 Å². The van der Waals surface area contributed by atoms with Gasteiger partial charge in [-0.3, -0.25) is 14.6 Å². The number of hydrogen-bond donors (Lipinski definition) is 0. The van der Waals surface area contributed by atoms with E-state index in [0.29, 0.717) is 15.8 Å². The Morgan fingerprint density at radius 1 is 1.04 bits per heavy atom. The number of thiocarbonyl (C=S) groups is 1. The highest BCUT2D eigenvalue weighted by molar-refractivity contribution is 7.80. The molecule has 5 heteroatoms. The number of halogens is 1. The maximum Gasteiger partial charge on any atom is 0.276 e. The molecule has 1 amide bonds. The SMILES string of the molecule is Cc1ccc(N2C(=S)N(C)C(=O)/C2=C\c2ccc(Cl)cc2)cc1. The first-order chi connectivity index (χ1) is 11.0. The largest absolute Gasteiger partial charge is 0.286 e. The van der Waals surface area contributed by atoms with Crippen molar-refractivity contribution >= 4 is 46.6 Å². The monoisotopic (exact) mass is 342 g/mol. The predicted molar refractivity (Wildman–Crippen MR) is 98.5 cm³/mol. The molecule has 0 radical (unpaired) electrons. The number of benzene rings is 2. The van der Waals surface area contributed by atoms with Crippen molar-refractivity contribution in [3.05, 3.63) is 70.4 Å². The number of hydrogen-bond acceptors (Lipinski definition) is 2. The third-order valence-corrected chi connectivity index (χ3v) is 4.42. The quantitative estimate of drug-likeness (QED) is 0.602. The van der Waals surface area contributed by atoms with E-state index in [1.165, 1.54) is 4.90 Å². The van der Waals surface area contributed by atoms with Crippen molar-refractivity contribution in [2.24, 2.45) is 0 Å². The van der Waals surface area contributed by atoms with Crippen molar-refractivity contribution in [2.45, 2.75) is 6.92 Å². The van der Waals surface area contributed by atoms with Crippen LogP contribution in [-0.4, -0.2) is 23.0 Å². The molecule has 23 heavy (non-hydrogen) atoms. The van der Waals surface area contributed by atoms with Crippen LogP contribution in [0.3, 0.4) is 0 Å². The van der Waals surface area contributed by atoms with Crippen LogP contribution < -0.4 is 4.90 Å². The van der Waals surface area contributed by atoms with Crippen molar-refractivity contribution in [1.82, 2.24) is 4.90 Å². The van der Waals surface area contributed by atoms with Gasteiger partial charge in [0, 0.05) is 17.8 Å². The maximum atomic E-state index is 12.5. The molecule has 0 spiro atoms. The number of amides is 1. The molecular weight excluding hydrogens is 328 g/mol. The van der Waals surface area contributed by atoms with Crippen LogP contribution in [0, 0.1) is 6.92 Å². The Kier molecular flexibility index (Phi) is 4.20. The molecule has 3 rings (SSSR count). The normalized spacial score (nSPS) is 16.6. The summed E-state index contributed by atoms with van der Waals surface area (Å²) in [5.41, 5.74) is 3.46. The lowest BCUT2D eigenvalue weighted by Gasteiger charge is -2.19. The summed E-state index contributed by atoms with van der Waals surface area (Å²) < 4.78 is 0. The molecule has 2 aromatic carbocycles. The van der Waals surface area contributed by atoms with Gasteiger partial charge in [0.15, 0.2) is 5.11 Å². The molecule has 1 aliphatic rings. The van der Waals surface area contributed by atoms with E-state index in [2.05, 4.69) is 0 Å². The predicted octanol–water partition coefficient (Wildman–Crippen LogP) is 4.25. The molecule has 0 aliphatic carbocycles. The second-order valence-corrected chi connectivity index (χ2v) is 6.20. The summed E-state index contributed by atoms with van der Waals surface area (Å²) in [6.45, 7) is 2.02. The summed E-state index contributed by atoms with van der Waals surface area (Å²) in [6, 6.07) is 15.3. The number of anilines is 1. The second-order valence-electron chi connectivity index (χ2n) is 5.40. The van der Waals surface area contributed by atoms with Gasteiger partial charge in [-0.25, -0.2) is 0 Å². The van der Waals surface area contributed by atoms with Gasteiger partial charge in [-0.15, -0.1) is 0 Å². The van der Waals surface area contributed by atoms with E-state index in [1.54, 1.807) is 24.1 Å². The molecule has 1 aliphatic heterocycles. The third-order valence-electron chi connectivity index (χ3n) is 3.71. The van der Waals surface area contributed by atoms with Crippen LogP contribution in [0.1, 0.15) is 11.1 Å². The molecule has 116 valence electrons. The smallest absolute Gasteiger partial charge is 0.276 e. The van der Waals surface area contributed by atoms with Crippen molar-refractivity contribution in [2.75, 3.05) is 11.9 Å². The lowest BCUT2D eigenvalue weighted by molar-refractivity contribution is -0.121. The molecule has 3 nitrogen and oxygen atoms in total. The molecule has 0 bridgehead atoms. The number of rotatable bonds is 2. The van der Waals surface area contributed by atoms with E-state index in [0.717, 1.165) is 16.8 Å². The maximum absolute atomic E-state index is 12.5. The Labute approximate surface area is 145 Å². The van der Waals surface area contributed by atoms with Crippen molar-refractivity contribution in [3.8, 4) is 0 Å². The standard InChI is InChI=1S/C18H15ClN2OS/c1-12-3-9-15(10-4-12)21-16(17(22)20(2)18(21)23)11-13-5-7-14(19)8-6-13/h3-11H,1-2H3/b16-11+. The Morgan fingerprint density at radius 2 is 1.65 bits per heavy atom. The summed E-state index contributed by atoms with van der Waals surface area (Å²) in [4.78, 5) is 15.8. The number of aryl methyl sites for hydroxylation is 1. The number of carbonyl (C=O) groups excluding carboxylic acids is 1. The number of carbonyl (C=O) groups is 1. The van der Waals surface area contributed by atoms with E-state index in [4.69, 9.17) is 23.8 Å². The topological polar surface area (TPSA) is 23.6 Å². The Balaban J connectivity index is 2.07. The number of nitrogens with zero attached hydrogens (tertiary/aromatic N) is 2. The van der Waals surface area contributed by atoms with Crippen LogP contribution in [-0.2, 0) is 4.79 Å². The average molecular weight is 343 g/mol. The van der Waals surface area contributed by atoms with Gasteiger partial charge in [0.2, 0.25) is 0 Å². The molecule has 0 unspecified atom stereocenters. The van der Waals surface area contributed by atoms with Crippen LogP contribution in [0.5, 0.6) is 0 Å². The van der Waals surface area contributed by atoms with Gasteiger partial charge in [-0.05, 0) is 55.0 Å². The molecule has 1 fully saturated rings. The van der Waals surface area contributed by atoms with Gasteiger partial charge < -0.3 is 0 Å². The fourth-order valence-corrected chi connectivity index (χ4v) is 2.81. The minimum absolute atomic E-state index is 0.120. The highest BCUT2D eigenvalue weighted by atomic mass is 35.5. The highest BCUT2D eigenvalue weighted by Crippen LogP contribution is 2.29. The third kappa shape index (κ3) is 3.00. The highest BCUT2D eigenvalue weighted by Gasteiger charge is 2.36. The number of likely N-dealkylation sites (N-methyl/N-ethyl adjacent to an activating group) is 1. The van der Waals surface area contributed by atoms with Gasteiger partial charge in [0.1, 0.15) is 5.70 Å². The van der Waals surface area contributed by atoms with Crippen LogP contribution in [0.25, 0.3) is 6.08 Å². The zero-order valence-electron chi connectivity index (χ0n) is 12.8. The first-order valence-electron chi connectivity index (χ1n) is 7.13. The lowest BCUT2D eigenvalue weighted by Crippen LogP contribution is -2.29. The van der Waals surface area contributed by atoms with Gasteiger partial charge in [0.25, 0.3) is 5.91 Å². The molecular formula is C18H15ClN2OS. The molecule has 0 aromatic heterocycles. The van der Waals surface area contributed by atoms with Crippen LogP contribution in [0.4, 0.5) is 5.69 Å². The molecule has 1 saturated heterocycles. The van der Waals surface area contributed by atoms with Crippen LogP contribution in [0.15, 0.2) is 54.2 Å². The molecule has 0 atom stereocenters.